The van der Waals surface area contributed by atoms with Crippen LogP contribution < -0.4 is 4.74 Å². The summed E-state index contributed by atoms with van der Waals surface area (Å²) in [4.78, 5) is 20.0. The minimum Gasteiger partial charge on any atom is -0.497 e. The third-order valence-electron chi connectivity index (χ3n) is 7.88. The van der Waals surface area contributed by atoms with Gasteiger partial charge in [0.2, 0.25) is 0 Å². The standard InChI is InChI=1S/C31H37N3O2/c1-4-32(5-2)31(35)25-16-14-24(15-17-25)30(26-12-9-13-29(18-26)36-3)33-21-27-19-28(22-33)34(27)20-23-10-7-6-8-11-23/h6-18,27-28,30H,4-5,19-22H2,1-3H3. The highest BCUT2D eigenvalue weighted by atomic mass is 16.5. The number of methoxy groups -OCH3 is 1. The van der Waals surface area contributed by atoms with E-state index in [-0.39, 0.29) is 11.9 Å². The number of carbonyl (C=O) groups excluding carboxylic acids is 1. The van der Waals surface area contributed by atoms with Crippen molar-refractivity contribution in [3.05, 3.63) is 101 Å². The topological polar surface area (TPSA) is 36.0 Å². The van der Waals surface area contributed by atoms with Crippen LogP contribution in [-0.2, 0) is 6.54 Å². The van der Waals surface area contributed by atoms with Gasteiger partial charge in [0.25, 0.3) is 5.91 Å². The van der Waals surface area contributed by atoms with Gasteiger partial charge < -0.3 is 9.64 Å². The first-order valence-electron chi connectivity index (χ1n) is 13.2. The van der Waals surface area contributed by atoms with E-state index in [0.717, 1.165) is 44.0 Å². The van der Waals surface area contributed by atoms with Crippen molar-refractivity contribution in [3.8, 4) is 5.75 Å². The minimum absolute atomic E-state index is 0.0975. The highest BCUT2D eigenvalue weighted by molar-refractivity contribution is 5.94. The Morgan fingerprint density at radius 3 is 2.25 bits per heavy atom. The second-order valence-electron chi connectivity index (χ2n) is 9.93. The van der Waals surface area contributed by atoms with E-state index < -0.39 is 0 Å². The highest BCUT2D eigenvalue weighted by Crippen LogP contribution is 2.40. The second kappa shape index (κ2) is 10.9. The van der Waals surface area contributed by atoms with Crippen LogP contribution in [-0.4, -0.2) is 66.0 Å². The molecule has 188 valence electrons. The monoisotopic (exact) mass is 483 g/mol. The van der Waals surface area contributed by atoms with Gasteiger partial charge >= 0.3 is 0 Å². The number of piperidine rings is 1. The van der Waals surface area contributed by atoms with Gasteiger partial charge in [-0.1, -0.05) is 54.6 Å². The first kappa shape index (κ1) is 24.5. The molecule has 3 unspecified atom stereocenters. The molecule has 0 N–H and O–H groups in total. The summed E-state index contributed by atoms with van der Waals surface area (Å²) in [6.07, 6.45) is 1.27. The fraction of sp³-hybridized carbons (Fsp3) is 0.387. The highest BCUT2D eigenvalue weighted by Gasteiger charge is 2.46. The molecule has 3 saturated heterocycles. The molecule has 3 aromatic carbocycles. The van der Waals surface area contributed by atoms with E-state index in [4.69, 9.17) is 4.74 Å². The van der Waals surface area contributed by atoms with Crippen LogP contribution in [0.5, 0.6) is 5.75 Å². The molecule has 2 bridgehead atoms. The van der Waals surface area contributed by atoms with Crippen molar-refractivity contribution in [1.82, 2.24) is 14.7 Å². The van der Waals surface area contributed by atoms with Crippen molar-refractivity contribution < 1.29 is 9.53 Å². The number of hydrogen-bond donors (Lipinski definition) is 0. The maximum Gasteiger partial charge on any atom is 0.253 e. The molecule has 5 heteroatoms. The lowest BCUT2D eigenvalue weighted by Gasteiger charge is -2.58. The van der Waals surface area contributed by atoms with Crippen LogP contribution in [0.15, 0.2) is 78.9 Å². The Kier molecular flexibility index (Phi) is 7.40. The van der Waals surface area contributed by atoms with Gasteiger partial charge in [0.15, 0.2) is 0 Å². The van der Waals surface area contributed by atoms with Crippen molar-refractivity contribution in [2.45, 2.75) is 44.9 Å². The molecule has 3 aliphatic heterocycles. The zero-order chi connectivity index (χ0) is 25.1. The number of benzene rings is 3. The molecule has 36 heavy (non-hydrogen) atoms. The van der Waals surface area contributed by atoms with Crippen molar-refractivity contribution in [3.63, 3.8) is 0 Å². The maximum atomic E-state index is 12.9. The lowest BCUT2D eigenvalue weighted by molar-refractivity contribution is -0.0836. The van der Waals surface area contributed by atoms with E-state index in [1.54, 1.807) is 7.11 Å². The molecule has 3 fully saturated rings. The number of piperazine rings is 1. The van der Waals surface area contributed by atoms with Crippen molar-refractivity contribution in [2.75, 3.05) is 33.3 Å². The number of amides is 1. The first-order valence-corrected chi connectivity index (χ1v) is 13.2. The van der Waals surface area contributed by atoms with E-state index in [2.05, 4.69) is 70.5 Å². The normalized spacial score (nSPS) is 20.4. The number of fused-ring (bicyclic) bond motifs is 2. The van der Waals surface area contributed by atoms with Crippen molar-refractivity contribution >= 4 is 5.91 Å². The molecule has 3 aromatic rings. The summed E-state index contributed by atoms with van der Waals surface area (Å²) in [5, 5.41) is 0. The lowest BCUT2D eigenvalue weighted by atomic mass is 9.84. The number of hydrogen-bond acceptors (Lipinski definition) is 4. The molecular formula is C31H37N3O2. The van der Waals surface area contributed by atoms with Crippen LogP contribution >= 0.6 is 0 Å². The Hall–Kier alpha value is -3.15. The molecule has 1 amide bonds. The van der Waals surface area contributed by atoms with Crippen molar-refractivity contribution in [2.24, 2.45) is 0 Å². The Morgan fingerprint density at radius 2 is 1.61 bits per heavy atom. The van der Waals surface area contributed by atoms with Gasteiger partial charge in [0.05, 0.1) is 13.2 Å². The first-order chi connectivity index (χ1) is 17.6. The number of nitrogens with zero attached hydrogens (tertiary/aromatic N) is 3. The maximum absolute atomic E-state index is 12.9. The summed E-state index contributed by atoms with van der Waals surface area (Å²) in [5.41, 5.74) is 4.59. The molecule has 3 heterocycles. The van der Waals surface area contributed by atoms with Gasteiger partial charge in [-0.25, -0.2) is 0 Å². The van der Waals surface area contributed by atoms with Crippen LogP contribution in [0.3, 0.4) is 0 Å². The van der Waals surface area contributed by atoms with E-state index >= 15 is 0 Å². The SMILES string of the molecule is CCN(CC)C(=O)c1ccc(C(c2cccc(OC)c2)N2CC3CC(C2)N3Cc2ccccc2)cc1. The number of rotatable bonds is 9. The van der Waals surface area contributed by atoms with Crippen LogP contribution in [0.4, 0.5) is 0 Å². The zero-order valence-electron chi connectivity index (χ0n) is 21.6. The summed E-state index contributed by atoms with van der Waals surface area (Å²) in [7, 11) is 1.72. The predicted octanol–water partition coefficient (Wildman–Crippen LogP) is 5.23. The fourth-order valence-electron chi connectivity index (χ4n) is 5.91. The Bertz CT molecular complexity index is 1150. The Balaban J connectivity index is 1.39. The smallest absolute Gasteiger partial charge is 0.253 e. The molecule has 0 aromatic heterocycles. The molecular weight excluding hydrogens is 446 g/mol. The van der Waals surface area contributed by atoms with Crippen LogP contribution in [0.2, 0.25) is 0 Å². The van der Waals surface area contributed by atoms with Gasteiger partial charge in [-0.2, -0.15) is 0 Å². The van der Waals surface area contributed by atoms with Crippen molar-refractivity contribution in [1.29, 1.82) is 0 Å². The summed E-state index contributed by atoms with van der Waals surface area (Å²) in [5.74, 6) is 0.971. The minimum atomic E-state index is 0.0975. The largest absolute Gasteiger partial charge is 0.497 e. The molecule has 3 atom stereocenters. The summed E-state index contributed by atoms with van der Waals surface area (Å²) in [6.45, 7) is 8.58. The van der Waals surface area contributed by atoms with E-state index in [1.807, 2.05) is 36.9 Å². The van der Waals surface area contributed by atoms with Crippen LogP contribution in [0.25, 0.3) is 0 Å². The molecule has 0 radical (unpaired) electrons. The Morgan fingerprint density at radius 1 is 0.917 bits per heavy atom. The average Bonchev–Trinajstić information content (AvgIpc) is 2.93. The van der Waals surface area contributed by atoms with Crippen LogP contribution in [0.1, 0.15) is 53.4 Å². The van der Waals surface area contributed by atoms with E-state index in [0.29, 0.717) is 12.1 Å². The molecule has 0 aliphatic carbocycles. The molecule has 5 nitrogen and oxygen atoms in total. The molecule has 0 saturated carbocycles. The molecule has 6 rings (SSSR count). The van der Waals surface area contributed by atoms with E-state index in [9.17, 15) is 4.79 Å². The van der Waals surface area contributed by atoms with Gasteiger partial charge in [0.1, 0.15) is 5.75 Å². The van der Waals surface area contributed by atoms with Gasteiger partial charge in [-0.15, -0.1) is 0 Å². The Labute approximate surface area is 215 Å². The van der Waals surface area contributed by atoms with Gasteiger partial charge in [0, 0.05) is 50.4 Å². The predicted molar refractivity (Wildman–Crippen MR) is 144 cm³/mol. The quantitative estimate of drug-likeness (QED) is 0.418. The summed E-state index contributed by atoms with van der Waals surface area (Å²) in [6, 6.07) is 28.8. The fourth-order valence-corrected chi connectivity index (χ4v) is 5.91. The summed E-state index contributed by atoms with van der Waals surface area (Å²) >= 11 is 0. The molecule has 0 spiro atoms. The second-order valence-corrected chi connectivity index (χ2v) is 9.93. The number of carbonyl (C=O) groups is 1. The average molecular weight is 484 g/mol. The molecule has 3 aliphatic rings. The van der Waals surface area contributed by atoms with E-state index in [1.165, 1.54) is 23.1 Å². The van der Waals surface area contributed by atoms with Gasteiger partial charge in [-0.3, -0.25) is 14.6 Å². The third kappa shape index (κ3) is 4.91. The third-order valence-corrected chi connectivity index (χ3v) is 7.88. The van der Waals surface area contributed by atoms with Crippen LogP contribution in [0, 0.1) is 0 Å². The van der Waals surface area contributed by atoms with Gasteiger partial charge in [-0.05, 0) is 61.2 Å². The number of ether oxygens (including phenoxy) is 1. The zero-order valence-corrected chi connectivity index (χ0v) is 21.6. The lowest BCUT2D eigenvalue weighted by Crippen LogP contribution is -2.68. The summed E-state index contributed by atoms with van der Waals surface area (Å²) < 4.78 is 5.57.